The first-order valence-corrected chi connectivity index (χ1v) is 8.23. The minimum absolute atomic E-state index is 0.559. The van der Waals surface area contributed by atoms with E-state index >= 15 is 0 Å². The quantitative estimate of drug-likeness (QED) is 0.921. The number of aromatic amines is 1. The van der Waals surface area contributed by atoms with Gasteiger partial charge >= 0.3 is 0 Å². The lowest BCUT2D eigenvalue weighted by Gasteiger charge is -2.39. The van der Waals surface area contributed by atoms with Crippen LogP contribution in [0.4, 0.5) is 10.1 Å². The normalized spacial score (nSPS) is 17.3. The molecule has 0 amide bonds. The molecule has 0 saturated carbocycles. The molecule has 120 valence electrons. The summed E-state index contributed by atoms with van der Waals surface area (Å²) in [5.41, 5.74) is 1.12. The predicted octanol–water partition coefficient (Wildman–Crippen LogP) is 3.21. The summed E-state index contributed by atoms with van der Waals surface area (Å²) in [5.74, 6) is 0. The van der Waals surface area contributed by atoms with E-state index in [1.54, 1.807) is 0 Å². The molecule has 0 bridgehead atoms. The Morgan fingerprint density at radius 2 is 1.91 bits per heavy atom. The molecular formula is C17H25FN4. The summed E-state index contributed by atoms with van der Waals surface area (Å²) in [6, 6.07) is 4.15. The second kappa shape index (κ2) is 6.24. The van der Waals surface area contributed by atoms with Gasteiger partial charge in [-0.15, -0.1) is 0 Å². The second-order valence-electron chi connectivity index (χ2n) is 6.19. The van der Waals surface area contributed by atoms with E-state index in [0.717, 1.165) is 37.2 Å². The molecule has 0 atom stereocenters. The predicted molar refractivity (Wildman–Crippen MR) is 89.2 cm³/mol. The smallest absolute Gasteiger partial charge is 0.139 e. The van der Waals surface area contributed by atoms with Crippen LogP contribution in [0.3, 0.4) is 0 Å². The minimum Gasteiger partial charge on any atom is -0.368 e. The third-order valence-corrected chi connectivity index (χ3v) is 4.92. The van der Waals surface area contributed by atoms with Crippen molar-refractivity contribution >= 4 is 16.7 Å². The zero-order valence-corrected chi connectivity index (χ0v) is 13.5. The van der Waals surface area contributed by atoms with Crippen molar-refractivity contribution in [1.82, 2.24) is 14.9 Å². The first-order valence-electron chi connectivity index (χ1n) is 8.23. The van der Waals surface area contributed by atoms with Crippen LogP contribution in [-0.2, 0) is 0 Å². The molecule has 2 aromatic heterocycles. The molecule has 4 nitrogen and oxygen atoms in total. The highest BCUT2D eigenvalue weighted by Gasteiger charge is 2.30. The molecule has 3 rings (SSSR count). The maximum absolute atomic E-state index is 14.6. The fourth-order valence-corrected chi connectivity index (χ4v) is 3.24. The largest absolute Gasteiger partial charge is 0.368 e. The monoisotopic (exact) mass is 304 g/mol. The molecule has 1 saturated heterocycles. The Balaban J connectivity index is 1.66. The Bertz CT molecular complexity index is 612. The van der Waals surface area contributed by atoms with Crippen LogP contribution in [0.2, 0.25) is 0 Å². The SMILES string of the molecule is CCC(F)(CC)CN1CCN(c2ccnc3[nH]ccc23)CC1. The molecule has 3 heterocycles. The molecule has 0 unspecified atom stereocenters. The van der Waals surface area contributed by atoms with E-state index in [-0.39, 0.29) is 0 Å². The molecule has 1 fully saturated rings. The number of nitrogens with zero attached hydrogens (tertiary/aromatic N) is 3. The first-order chi connectivity index (χ1) is 10.6. The van der Waals surface area contributed by atoms with Crippen molar-refractivity contribution in [1.29, 1.82) is 0 Å². The van der Waals surface area contributed by atoms with Gasteiger partial charge in [-0.1, -0.05) is 13.8 Å². The topological polar surface area (TPSA) is 35.2 Å². The number of hydrogen-bond acceptors (Lipinski definition) is 3. The number of nitrogens with one attached hydrogen (secondary N) is 1. The van der Waals surface area contributed by atoms with Crippen molar-refractivity contribution in [3.63, 3.8) is 0 Å². The fraction of sp³-hybridized carbons (Fsp3) is 0.588. The Labute approximate surface area is 131 Å². The Morgan fingerprint density at radius 1 is 1.18 bits per heavy atom. The van der Waals surface area contributed by atoms with Crippen LogP contribution in [0.5, 0.6) is 0 Å². The summed E-state index contributed by atoms with van der Waals surface area (Å²) in [5, 5.41) is 1.16. The maximum Gasteiger partial charge on any atom is 0.139 e. The van der Waals surface area contributed by atoms with Gasteiger partial charge in [0.05, 0.1) is 0 Å². The number of hydrogen-bond donors (Lipinski definition) is 1. The van der Waals surface area contributed by atoms with E-state index in [9.17, 15) is 4.39 Å². The van der Waals surface area contributed by atoms with E-state index < -0.39 is 5.67 Å². The molecule has 22 heavy (non-hydrogen) atoms. The highest BCUT2D eigenvalue weighted by molar-refractivity contribution is 5.89. The molecule has 1 aliphatic rings. The summed E-state index contributed by atoms with van der Waals surface area (Å²) < 4.78 is 14.6. The van der Waals surface area contributed by atoms with Crippen molar-refractivity contribution in [2.75, 3.05) is 37.6 Å². The van der Waals surface area contributed by atoms with Gasteiger partial charge in [0.25, 0.3) is 0 Å². The molecule has 1 aliphatic heterocycles. The van der Waals surface area contributed by atoms with Crippen LogP contribution >= 0.6 is 0 Å². The number of anilines is 1. The molecule has 1 N–H and O–H groups in total. The average Bonchev–Trinajstić information content (AvgIpc) is 3.04. The first kappa shape index (κ1) is 15.3. The molecule has 2 aromatic rings. The molecule has 5 heteroatoms. The number of aromatic nitrogens is 2. The van der Waals surface area contributed by atoms with Crippen LogP contribution in [-0.4, -0.2) is 53.3 Å². The van der Waals surface area contributed by atoms with Crippen LogP contribution in [0.15, 0.2) is 24.5 Å². The third kappa shape index (κ3) is 2.95. The number of rotatable bonds is 5. The number of fused-ring (bicyclic) bond motifs is 1. The highest BCUT2D eigenvalue weighted by atomic mass is 19.1. The van der Waals surface area contributed by atoms with Gasteiger partial charge in [-0.25, -0.2) is 9.37 Å². The van der Waals surface area contributed by atoms with Gasteiger partial charge in [0.1, 0.15) is 11.3 Å². The molecule has 0 aromatic carbocycles. The van der Waals surface area contributed by atoms with Crippen molar-refractivity contribution in [3.8, 4) is 0 Å². The number of pyridine rings is 1. The van der Waals surface area contributed by atoms with Crippen LogP contribution < -0.4 is 4.90 Å². The summed E-state index contributed by atoms with van der Waals surface area (Å²) in [4.78, 5) is 12.1. The number of halogens is 1. The van der Waals surface area contributed by atoms with Crippen molar-refractivity contribution in [2.24, 2.45) is 0 Å². The van der Waals surface area contributed by atoms with Crippen molar-refractivity contribution in [2.45, 2.75) is 32.4 Å². The van der Waals surface area contributed by atoms with Gasteiger partial charge in [0, 0.05) is 56.2 Å². The summed E-state index contributed by atoms with van der Waals surface area (Å²) in [6.07, 6.45) is 4.97. The average molecular weight is 304 g/mol. The zero-order valence-electron chi connectivity index (χ0n) is 13.5. The number of H-pyrrole nitrogens is 1. The second-order valence-corrected chi connectivity index (χ2v) is 6.19. The lowest BCUT2D eigenvalue weighted by atomic mass is 9.98. The molecular weight excluding hydrogens is 279 g/mol. The summed E-state index contributed by atoms with van der Waals surface area (Å²) in [7, 11) is 0. The lowest BCUT2D eigenvalue weighted by molar-refractivity contribution is 0.0806. The fourth-order valence-electron chi connectivity index (χ4n) is 3.24. The number of alkyl halides is 1. The van der Waals surface area contributed by atoms with E-state index in [1.165, 1.54) is 5.69 Å². The Morgan fingerprint density at radius 3 is 2.59 bits per heavy atom. The maximum atomic E-state index is 14.6. The van der Waals surface area contributed by atoms with E-state index in [1.807, 2.05) is 26.2 Å². The van der Waals surface area contributed by atoms with Crippen LogP contribution in [0.1, 0.15) is 26.7 Å². The van der Waals surface area contributed by atoms with Crippen molar-refractivity contribution < 1.29 is 4.39 Å². The Kier molecular flexibility index (Phi) is 4.34. The van der Waals surface area contributed by atoms with Crippen LogP contribution in [0, 0.1) is 0 Å². The van der Waals surface area contributed by atoms with E-state index in [4.69, 9.17) is 0 Å². The third-order valence-electron chi connectivity index (χ3n) is 4.92. The van der Waals surface area contributed by atoms with Gasteiger partial charge in [0.15, 0.2) is 0 Å². The standard InChI is InChI=1S/C17H25FN4/c1-3-17(18,4-2)13-21-9-11-22(12-10-21)15-6-8-20-16-14(15)5-7-19-16/h5-8H,3-4,9-13H2,1-2H3,(H,19,20). The zero-order chi connectivity index (χ0) is 15.6. The highest BCUT2D eigenvalue weighted by Crippen LogP contribution is 2.27. The molecule has 0 aliphatic carbocycles. The number of piperazine rings is 1. The van der Waals surface area contributed by atoms with Gasteiger partial charge in [-0.05, 0) is 25.0 Å². The molecule has 0 radical (unpaired) electrons. The van der Waals surface area contributed by atoms with Gasteiger partial charge in [-0.3, -0.25) is 4.90 Å². The Hall–Kier alpha value is -1.62. The minimum atomic E-state index is -1.03. The molecule has 0 spiro atoms. The lowest BCUT2D eigenvalue weighted by Crippen LogP contribution is -2.50. The summed E-state index contributed by atoms with van der Waals surface area (Å²) >= 11 is 0. The van der Waals surface area contributed by atoms with E-state index in [0.29, 0.717) is 19.4 Å². The van der Waals surface area contributed by atoms with Gasteiger partial charge < -0.3 is 9.88 Å². The van der Waals surface area contributed by atoms with Gasteiger partial charge in [0.2, 0.25) is 0 Å². The van der Waals surface area contributed by atoms with Crippen molar-refractivity contribution in [3.05, 3.63) is 24.5 Å². The van der Waals surface area contributed by atoms with Gasteiger partial charge in [-0.2, -0.15) is 0 Å². The van der Waals surface area contributed by atoms with E-state index in [2.05, 4.69) is 31.9 Å². The van der Waals surface area contributed by atoms with Crippen LogP contribution in [0.25, 0.3) is 11.0 Å². The summed E-state index contributed by atoms with van der Waals surface area (Å²) in [6.45, 7) is 8.16.